The van der Waals surface area contributed by atoms with Crippen molar-refractivity contribution in [2.75, 3.05) is 32.5 Å². The summed E-state index contributed by atoms with van der Waals surface area (Å²) in [7, 11) is 3.97. The number of piperidine rings is 1. The first-order valence-electron chi connectivity index (χ1n) is 13.8. The van der Waals surface area contributed by atoms with Crippen LogP contribution in [0.3, 0.4) is 0 Å². The molecule has 0 atom stereocenters. The lowest BCUT2D eigenvalue weighted by molar-refractivity contribution is 0.127. The van der Waals surface area contributed by atoms with Gasteiger partial charge in [0.2, 0.25) is 0 Å². The Balaban J connectivity index is 1.41. The van der Waals surface area contributed by atoms with E-state index in [9.17, 15) is 0 Å². The number of aromatic nitrogens is 3. The Morgan fingerprint density at radius 1 is 1.14 bits per heavy atom. The fraction of sp³-hybridized carbons (Fsp3) is 0.467. The number of allylic oxidation sites excluding steroid dienone is 5. The number of fused-ring (bicyclic) bond motifs is 1. The van der Waals surface area contributed by atoms with Gasteiger partial charge in [-0.2, -0.15) is 0 Å². The fourth-order valence-corrected chi connectivity index (χ4v) is 6.01. The molecule has 0 amide bonds. The van der Waals surface area contributed by atoms with E-state index in [1.165, 1.54) is 58.0 Å². The molecule has 3 aliphatic rings. The fourth-order valence-electron chi connectivity index (χ4n) is 6.01. The van der Waals surface area contributed by atoms with Gasteiger partial charge in [0.15, 0.2) is 0 Å². The zero-order chi connectivity index (χ0) is 25.8. The maximum Gasteiger partial charge on any atom is 0.143 e. The number of rotatable bonds is 7. The Morgan fingerprint density at radius 3 is 2.65 bits per heavy atom. The number of hydrogen-bond acceptors (Lipinski definition) is 6. The third-order valence-corrected chi connectivity index (χ3v) is 8.11. The maximum atomic E-state index is 4.72. The number of anilines is 1. The van der Waals surface area contributed by atoms with Crippen molar-refractivity contribution in [3.8, 4) is 0 Å². The Hall–Kier alpha value is -3.32. The van der Waals surface area contributed by atoms with Crippen LogP contribution >= 0.6 is 0 Å². The van der Waals surface area contributed by atoms with Crippen molar-refractivity contribution in [2.45, 2.75) is 64.0 Å². The normalized spacial score (nSPS) is 24.4. The highest BCUT2D eigenvalue weighted by Gasteiger charge is 2.27. The van der Waals surface area contributed by atoms with E-state index in [1.807, 2.05) is 20.0 Å². The molecule has 7 heteroatoms. The van der Waals surface area contributed by atoms with E-state index in [0.717, 1.165) is 51.0 Å². The van der Waals surface area contributed by atoms with Crippen LogP contribution in [0.5, 0.6) is 0 Å². The van der Waals surface area contributed by atoms with Crippen LogP contribution in [0.15, 0.2) is 66.6 Å². The van der Waals surface area contributed by atoms with Crippen LogP contribution in [0.25, 0.3) is 16.6 Å². The average molecular weight is 500 g/mol. The van der Waals surface area contributed by atoms with Crippen LogP contribution in [-0.2, 0) is 0 Å². The van der Waals surface area contributed by atoms with Gasteiger partial charge in [-0.05, 0) is 76.3 Å². The standard InChI is InChI=1S/C30H41N7/c1-5-9-25(21(2)31-3)27-18-22(14-17-36(27)4)26-19-32-29-28(26)30(34-20-33-29)35-23-10-12-24(13-11-23)37-15-7-6-8-16-37/h5,9,14,17-20,23-24,31H,2,6-8,10-13,15-16H2,1,3-4H3,(H2,32,33,34,35)/b9-5+,27-25+. The van der Waals surface area contributed by atoms with Crippen LogP contribution in [0.1, 0.15) is 57.4 Å². The minimum absolute atomic E-state index is 0.444. The van der Waals surface area contributed by atoms with Crippen molar-refractivity contribution < 1.29 is 0 Å². The van der Waals surface area contributed by atoms with E-state index in [0.29, 0.717) is 6.04 Å². The van der Waals surface area contributed by atoms with Crippen LogP contribution in [0, 0.1) is 0 Å². The number of H-pyrrole nitrogens is 1. The molecule has 7 nitrogen and oxygen atoms in total. The van der Waals surface area contributed by atoms with Crippen LogP contribution in [0.4, 0.5) is 5.82 Å². The molecule has 1 aliphatic carbocycles. The molecule has 2 fully saturated rings. The Morgan fingerprint density at radius 2 is 1.92 bits per heavy atom. The Bertz CT molecular complexity index is 1230. The lowest BCUT2D eigenvalue weighted by Crippen LogP contribution is -2.43. The van der Waals surface area contributed by atoms with Crippen molar-refractivity contribution in [3.05, 3.63) is 72.1 Å². The molecule has 2 aromatic heterocycles. The van der Waals surface area contributed by atoms with Crippen LogP contribution in [-0.4, -0.2) is 64.0 Å². The SMILES string of the molecule is C=C(NC)C(/C=C/C)=C1\C=C(c2c[nH]c3ncnc(NC4CCC(N5CCCCC5)CC4)c23)C=CN1C. The summed E-state index contributed by atoms with van der Waals surface area (Å²) in [6.45, 7) is 8.81. The summed E-state index contributed by atoms with van der Waals surface area (Å²) in [5, 5.41) is 8.06. The molecule has 3 N–H and O–H groups in total. The molecule has 2 aliphatic heterocycles. The number of nitrogens with one attached hydrogen (secondary N) is 3. The van der Waals surface area contributed by atoms with E-state index in [1.54, 1.807) is 6.33 Å². The summed E-state index contributed by atoms with van der Waals surface area (Å²) in [4.78, 5) is 17.5. The molecule has 4 heterocycles. The number of likely N-dealkylation sites (N-methyl/N-ethyl adjacent to an activating group) is 2. The highest BCUT2D eigenvalue weighted by Crippen LogP contribution is 2.35. The first-order chi connectivity index (χ1) is 18.1. The van der Waals surface area contributed by atoms with E-state index >= 15 is 0 Å². The van der Waals surface area contributed by atoms with Crippen molar-refractivity contribution in [2.24, 2.45) is 0 Å². The zero-order valence-electron chi connectivity index (χ0n) is 22.6. The largest absolute Gasteiger partial charge is 0.388 e. The van der Waals surface area contributed by atoms with E-state index < -0.39 is 0 Å². The lowest BCUT2D eigenvalue weighted by atomic mass is 9.89. The Labute approximate surface area is 221 Å². The van der Waals surface area contributed by atoms with Crippen LogP contribution in [0.2, 0.25) is 0 Å². The van der Waals surface area contributed by atoms with Gasteiger partial charge >= 0.3 is 0 Å². The molecule has 37 heavy (non-hydrogen) atoms. The first kappa shape index (κ1) is 25.3. The third-order valence-electron chi connectivity index (χ3n) is 8.11. The zero-order valence-corrected chi connectivity index (χ0v) is 22.6. The summed E-state index contributed by atoms with van der Waals surface area (Å²) in [5.74, 6) is 0.926. The minimum atomic E-state index is 0.444. The second-order valence-electron chi connectivity index (χ2n) is 10.4. The lowest BCUT2D eigenvalue weighted by Gasteiger charge is -2.39. The van der Waals surface area contributed by atoms with Gasteiger partial charge in [0.25, 0.3) is 0 Å². The monoisotopic (exact) mass is 499 g/mol. The second-order valence-corrected chi connectivity index (χ2v) is 10.4. The van der Waals surface area contributed by atoms with E-state index in [2.05, 4.69) is 74.7 Å². The highest BCUT2D eigenvalue weighted by molar-refractivity contribution is 6.00. The van der Waals surface area contributed by atoms with Crippen molar-refractivity contribution >= 4 is 22.4 Å². The van der Waals surface area contributed by atoms with Crippen molar-refractivity contribution in [3.63, 3.8) is 0 Å². The number of nitrogens with zero attached hydrogens (tertiary/aromatic N) is 4. The summed E-state index contributed by atoms with van der Waals surface area (Å²) in [5.41, 5.74) is 6.13. The predicted octanol–water partition coefficient (Wildman–Crippen LogP) is 5.57. The molecule has 0 unspecified atom stereocenters. The van der Waals surface area contributed by atoms with Crippen molar-refractivity contribution in [1.29, 1.82) is 0 Å². The number of hydrogen-bond donors (Lipinski definition) is 3. The molecule has 0 radical (unpaired) electrons. The molecule has 196 valence electrons. The summed E-state index contributed by atoms with van der Waals surface area (Å²) >= 11 is 0. The molecular formula is C30H41N7. The smallest absolute Gasteiger partial charge is 0.143 e. The molecular weight excluding hydrogens is 458 g/mol. The van der Waals surface area contributed by atoms with Gasteiger partial charge in [-0.15, -0.1) is 0 Å². The van der Waals surface area contributed by atoms with Gasteiger partial charge < -0.3 is 25.4 Å². The molecule has 0 bridgehead atoms. The van der Waals surface area contributed by atoms with Gasteiger partial charge in [0.1, 0.15) is 17.8 Å². The van der Waals surface area contributed by atoms with E-state index in [4.69, 9.17) is 4.98 Å². The summed E-state index contributed by atoms with van der Waals surface area (Å²) in [6.07, 6.45) is 23.4. The topological polar surface area (TPSA) is 72.1 Å². The van der Waals surface area contributed by atoms with Gasteiger partial charge in [-0.25, -0.2) is 9.97 Å². The van der Waals surface area contributed by atoms with Gasteiger partial charge in [-0.1, -0.05) is 25.2 Å². The third kappa shape index (κ3) is 5.37. The average Bonchev–Trinajstić information content (AvgIpc) is 3.38. The summed E-state index contributed by atoms with van der Waals surface area (Å²) < 4.78 is 0. The molecule has 1 saturated heterocycles. The molecule has 0 spiro atoms. The van der Waals surface area contributed by atoms with Gasteiger partial charge in [0, 0.05) is 55.4 Å². The maximum absolute atomic E-state index is 4.72. The highest BCUT2D eigenvalue weighted by atomic mass is 15.2. The molecule has 1 saturated carbocycles. The quantitative estimate of drug-likeness (QED) is 0.462. The molecule has 2 aromatic rings. The van der Waals surface area contributed by atoms with Gasteiger partial charge in [0.05, 0.1) is 11.1 Å². The van der Waals surface area contributed by atoms with Crippen molar-refractivity contribution in [1.82, 2.24) is 30.1 Å². The first-order valence-corrected chi connectivity index (χ1v) is 13.8. The molecule has 5 rings (SSSR count). The Kier molecular flexibility index (Phi) is 7.79. The van der Waals surface area contributed by atoms with Gasteiger partial charge in [-0.3, -0.25) is 0 Å². The predicted molar refractivity (Wildman–Crippen MR) is 154 cm³/mol. The minimum Gasteiger partial charge on any atom is -0.388 e. The summed E-state index contributed by atoms with van der Waals surface area (Å²) in [6, 6.07) is 1.20. The number of aromatic amines is 1. The van der Waals surface area contributed by atoms with E-state index in [-0.39, 0.29) is 0 Å². The second kappa shape index (κ2) is 11.4. The number of likely N-dealkylation sites (tertiary alicyclic amines) is 1. The molecule has 0 aromatic carbocycles. The van der Waals surface area contributed by atoms with Crippen LogP contribution < -0.4 is 10.6 Å².